The van der Waals surface area contributed by atoms with E-state index in [1.54, 1.807) is 13.8 Å². The van der Waals surface area contributed by atoms with Gasteiger partial charge < -0.3 is 4.74 Å². The van der Waals surface area contributed by atoms with E-state index in [1.165, 1.54) is 19.2 Å². The van der Waals surface area contributed by atoms with Gasteiger partial charge >= 0.3 is 5.97 Å². The molecule has 0 aliphatic heterocycles. The molecule has 0 aliphatic rings. The zero-order chi connectivity index (χ0) is 13.9. The molecule has 0 saturated carbocycles. The number of hydrogen-bond acceptors (Lipinski definition) is 5. The molecule has 6 heteroatoms. The molecule has 0 unspecified atom stereocenters. The lowest BCUT2D eigenvalue weighted by Gasteiger charge is -2.22. The average Bonchev–Trinajstić information content (AvgIpc) is 2.36. The number of hydrogen-bond donors (Lipinski definition) is 0. The second-order valence-electron chi connectivity index (χ2n) is 4.22. The zero-order valence-electron chi connectivity index (χ0n) is 10.3. The Kier molecular flexibility index (Phi) is 3.67. The number of rotatable bonds is 3. The summed E-state index contributed by atoms with van der Waals surface area (Å²) >= 11 is 0. The number of carbonyl (C=O) groups is 1. The van der Waals surface area contributed by atoms with Gasteiger partial charge in [-0.3, -0.25) is 14.9 Å². The Morgan fingerprint density at radius 1 is 1.50 bits per heavy atom. The third-order valence-electron chi connectivity index (χ3n) is 2.70. The smallest absolute Gasteiger partial charge is 0.315 e. The number of nitrogens with zero attached hydrogens (tertiary/aromatic N) is 2. The summed E-state index contributed by atoms with van der Waals surface area (Å²) in [6, 6.07) is 5.69. The maximum absolute atomic E-state index is 11.7. The summed E-state index contributed by atoms with van der Waals surface area (Å²) in [6.45, 7) is 3.20. The van der Waals surface area contributed by atoms with Gasteiger partial charge in [0.05, 0.1) is 29.1 Å². The van der Waals surface area contributed by atoms with Crippen LogP contribution in [0.2, 0.25) is 0 Å². The highest BCUT2D eigenvalue weighted by atomic mass is 16.6. The fourth-order valence-corrected chi connectivity index (χ4v) is 1.65. The topological polar surface area (TPSA) is 93.2 Å². The molecular weight excluding hydrogens is 236 g/mol. The van der Waals surface area contributed by atoms with Crippen molar-refractivity contribution < 1.29 is 14.5 Å². The average molecular weight is 248 g/mol. The van der Waals surface area contributed by atoms with E-state index < -0.39 is 16.3 Å². The van der Waals surface area contributed by atoms with Crippen LogP contribution in [-0.2, 0) is 14.9 Å². The molecule has 0 bridgehead atoms. The molecule has 18 heavy (non-hydrogen) atoms. The normalized spacial score (nSPS) is 10.6. The summed E-state index contributed by atoms with van der Waals surface area (Å²) in [5, 5.41) is 19.6. The van der Waals surface area contributed by atoms with Gasteiger partial charge in [0, 0.05) is 12.1 Å². The second-order valence-corrected chi connectivity index (χ2v) is 4.22. The van der Waals surface area contributed by atoms with Gasteiger partial charge in [-0.15, -0.1) is 0 Å². The van der Waals surface area contributed by atoms with E-state index in [1.807, 2.05) is 6.07 Å². The molecule has 0 N–H and O–H groups in total. The maximum atomic E-state index is 11.7. The van der Waals surface area contributed by atoms with Crippen molar-refractivity contribution in [3.63, 3.8) is 0 Å². The number of esters is 1. The Labute approximate surface area is 104 Å². The quantitative estimate of drug-likeness (QED) is 0.462. The van der Waals surface area contributed by atoms with Crippen LogP contribution in [0.25, 0.3) is 0 Å². The van der Waals surface area contributed by atoms with Crippen molar-refractivity contribution in [1.82, 2.24) is 0 Å². The Morgan fingerprint density at radius 2 is 2.11 bits per heavy atom. The van der Waals surface area contributed by atoms with Crippen LogP contribution < -0.4 is 0 Å². The van der Waals surface area contributed by atoms with Gasteiger partial charge in [-0.1, -0.05) is 0 Å². The minimum absolute atomic E-state index is 0.0969. The fourth-order valence-electron chi connectivity index (χ4n) is 1.65. The Hall–Kier alpha value is -2.42. The lowest BCUT2D eigenvalue weighted by atomic mass is 9.82. The second kappa shape index (κ2) is 4.84. The molecule has 0 amide bonds. The van der Waals surface area contributed by atoms with E-state index in [0.717, 1.165) is 6.07 Å². The lowest BCUT2D eigenvalue weighted by Crippen LogP contribution is -2.31. The monoisotopic (exact) mass is 248 g/mol. The minimum Gasteiger partial charge on any atom is -0.468 e. The van der Waals surface area contributed by atoms with Crippen LogP contribution in [0.4, 0.5) is 5.69 Å². The number of nitro groups is 1. The van der Waals surface area contributed by atoms with E-state index in [-0.39, 0.29) is 11.3 Å². The Bertz CT molecular complexity index is 543. The van der Waals surface area contributed by atoms with Crippen molar-refractivity contribution in [2.24, 2.45) is 0 Å². The van der Waals surface area contributed by atoms with E-state index in [0.29, 0.717) is 5.56 Å². The number of carbonyl (C=O) groups excluding carboxylic acids is 1. The first-order valence-electron chi connectivity index (χ1n) is 5.12. The van der Waals surface area contributed by atoms with E-state index in [4.69, 9.17) is 5.26 Å². The van der Waals surface area contributed by atoms with Gasteiger partial charge in [0.2, 0.25) is 0 Å². The van der Waals surface area contributed by atoms with Crippen molar-refractivity contribution in [2.75, 3.05) is 7.11 Å². The SMILES string of the molecule is COC(=O)C(C)(C)c1ccc([N+](=O)[O-])cc1C#N. The van der Waals surface area contributed by atoms with Gasteiger partial charge in [0.25, 0.3) is 5.69 Å². The zero-order valence-corrected chi connectivity index (χ0v) is 10.3. The molecule has 6 nitrogen and oxygen atoms in total. The molecule has 0 atom stereocenters. The van der Waals surface area contributed by atoms with Gasteiger partial charge in [0.1, 0.15) is 0 Å². The molecule has 0 radical (unpaired) electrons. The van der Waals surface area contributed by atoms with Crippen LogP contribution in [0, 0.1) is 21.4 Å². The molecule has 0 aliphatic carbocycles. The van der Waals surface area contributed by atoms with Crippen LogP contribution in [0.3, 0.4) is 0 Å². The molecule has 0 fully saturated rings. The number of ether oxygens (including phenoxy) is 1. The molecule has 0 spiro atoms. The van der Waals surface area contributed by atoms with E-state index >= 15 is 0 Å². The first-order chi connectivity index (χ1) is 8.34. The Balaban J connectivity index is 3.39. The highest BCUT2D eigenvalue weighted by Gasteiger charge is 2.33. The lowest BCUT2D eigenvalue weighted by molar-refractivity contribution is -0.384. The summed E-state index contributed by atoms with van der Waals surface area (Å²) in [7, 11) is 1.25. The third kappa shape index (κ3) is 2.30. The molecular formula is C12H12N2O4. The van der Waals surface area contributed by atoms with Crippen LogP contribution in [0.1, 0.15) is 25.0 Å². The molecule has 1 rings (SSSR count). The van der Waals surface area contributed by atoms with Crippen molar-refractivity contribution >= 4 is 11.7 Å². The number of non-ortho nitro benzene ring substituents is 1. The van der Waals surface area contributed by atoms with Crippen LogP contribution >= 0.6 is 0 Å². The van der Waals surface area contributed by atoms with Crippen LogP contribution in [0.15, 0.2) is 18.2 Å². The third-order valence-corrected chi connectivity index (χ3v) is 2.70. The standard InChI is InChI=1S/C12H12N2O4/c1-12(2,11(15)18-3)10-5-4-9(14(16)17)6-8(10)7-13/h4-6H,1-3H3. The molecule has 1 aromatic carbocycles. The van der Waals surface area contributed by atoms with Gasteiger partial charge in [-0.05, 0) is 25.5 Å². The highest BCUT2D eigenvalue weighted by molar-refractivity contribution is 5.83. The largest absolute Gasteiger partial charge is 0.468 e. The van der Waals surface area contributed by atoms with Crippen LogP contribution in [-0.4, -0.2) is 18.0 Å². The first-order valence-corrected chi connectivity index (χ1v) is 5.12. The van der Waals surface area contributed by atoms with Crippen LogP contribution in [0.5, 0.6) is 0 Å². The summed E-state index contributed by atoms with van der Waals surface area (Å²) in [5.41, 5.74) is -0.715. The summed E-state index contributed by atoms with van der Waals surface area (Å²) < 4.78 is 4.66. The van der Waals surface area contributed by atoms with Crippen molar-refractivity contribution in [3.8, 4) is 6.07 Å². The van der Waals surface area contributed by atoms with Crippen molar-refractivity contribution in [1.29, 1.82) is 5.26 Å². The number of nitriles is 1. The van der Waals surface area contributed by atoms with Gasteiger partial charge in [-0.25, -0.2) is 0 Å². The minimum atomic E-state index is -1.03. The molecule has 0 saturated heterocycles. The van der Waals surface area contributed by atoms with Crippen molar-refractivity contribution in [2.45, 2.75) is 19.3 Å². The molecule has 1 aromatic rings. The van der Waals surface area contributed by atoms with Crippen molar-refractivity contribution in [3.05, 3.63) is 39.4 Å². The predicted octanol–water partition coefficient (Wildman–Crippen LogP) is 1.92. The first kappa shape index (κ1) is 13.6. The van der Waals surface area contributed by atoms with Gasteiger partial charge in [0.15, 0.2) is 0 Å². The molecule has 0 heterocycles. The summed E-state index contributed by atoms with van der Waals surface area (Å²) in [6.07, 6.45) is 0. The fraction of sp³-hybridized carbons (Fsp3) is 0.333. The number of nitro benzene ring substituents is 1. The van der Waals surface area contributed by atoms with E-state index in [2.05, 4.69) is 4.74 Å². The highest BCUT2D eigenvalue weighted by Crippen LogP contribution is 2.30. The summed E-state index contributed by atoms with van der Waals surface area (Å²) in [5.74, 6) is -0.507. The molecule has 0 aromatic heterocycles. The molecule has 94 valence electrons. The van der Waals surface area contributed by atoms with Gasteiger partial charge in [-0.2, -0.15) is 5.26 Å². The van der Waals surface area contributed by atoms with E-state index in [9.17, 15) is 14.9 Å². The Morgan fingerprint density at radius 3 is 2.56 bits per heavy atom. The number of benzene rings is 1. The predicted molar refractivity (Wildman–Crippen MR) is 62.9 cm³/mol. The summed E-state index contributed by atoms with van der Waals surface area (Å²) in [4.78, 5) is 21.7. The maximum Gasteiger partial charge on any atom is 0.315 e. The number of methoxy groups -OCH3 is 1.